The first-order valence-corrected chi connectivity index (χ1v) is 7.38. The van der Waals surface area contributed by atoms with Crippen LogP contribution in [0.1, 0.15) is 34.8 Å². The van der Waals surface area contributed by atoms with E-state index in [4.69, 9.17) is 5.73 Å². The molecule has 0 spiro atoms. The number of carbonyl (C=O) groups is 1. The smallest absolute Gasteiger partial charge is 0.254 e. The lowest BCUT2D eigenvalue weighted by atomic mass is 10.1. The predicted molar refractivity (Wildman–Crippen MR) is 78.2 cm³/mol. The van der Waals surface area contributed by atoms with Gasteiger partial charge in [0.05, 0.1) is 6.04 Å². The topological polar surface area (TPSA) is 46.3 Å². The van der Waals surface area contributed by atoms with Crippen molar-refractivity contribution >= 4 is 22.9 Å². The van der Waals surface area contributed by atoms with Gasteiger partial charge in [0, 0.05) is 17.8 Å². The number of likely N-dealkylation sites (tertiary alicyclic amines) is 1. The molecule has 2 aromatic rings. The molecular formula is C15H16N2OS. The second-order valence-electron chi connectivity index (χ2n) is 4.84. The number of anilines is 1. The number of hydrogen-bond donors (Lipinski definition) is 1. The molecule has 0 aliphatic carbocycles. The molecule has 1 aliphatic rings. The average molecular weight is 272 g/mol. The second-order valence-corrected chi connectivity index (χ2v) is 5.62. The Hall–Kier alpha value is -1.81. The first-order chi connectivity index (χ1) is 9.25. The molecule has 1 fully saturated rings. The minimum atomic E-state index is 0.0843. The van der Waals surface area contributed by atoms with Crippen molar-refractivity contribution in [3.8, 4) is 0 Å². The number of rotatable bonds is 2. The molecule has 0 radical (unpaired) electrons. The lowest BCUT2D eigenvalue weighted by Crippen LogP contribution is -2.30. The van der Waals surface area contributed by atoms with Crippen molar-refractivity contribution < 1.29 is 4.79 Å². The van der Waals surface area contributed by atoms with Crippen molar-refractivity contribution in [1.82, 2.24) is 4.90 Å². The van der Waals surface area contributed by atoms with E-state index >= 15 is 0 Å². The maximum Gasteiger partial charge on any atom is 0.254 e. The van der Waals surface area contributed by atoms with Gasteiger partial charge in [-0.25, -0.2) is 0 Å². The number of thiophene rings is 1. The molecule has 3 nitrogen and oxygen atoms in total. The van der Waals surface area contributed by atoms with Crippen molar-refractivity contribution in [2.75, 3.05) is 12.3 Å². The summed E-state index contributed by atoms with van der Waals surface area (Å²) in [5, 5.41) is 4.20. The summed E-state index contributed by atoms with van der Waals surface area (Å²) in [5.74, 6) is 0.0843. The Morgan fingerprint density at radius 3 is 3.00 bits per heavy atom. The lowest BCUT2D eigenvalue weighted by molar-refractivity contribution is 0.0736. The molecule has 19 heavy (non-hydrogen) atoms. The Kier molecular flexibility index (Phi) is 3.25. The Morgan fingerprint density at radius 2 is 2.26 bits per heavy atom. The van der Waals surface area contributed by atoms with E-state index in [1.165, 1.54) is 5.56 Å². The zero-order chi connectivity index (χ0) is 13.2. The molecule has 4 heteroatoms. The van der Waals surface area contributed by atoms with E-state index in [0.717, 1.165) is 19.4 Å². The van der Waals surface area contributed by atoms with Gasteiger partial charge in [-0.15, -0.1) is 0 Å². The summed E-state index contributed by atoms with van der Waals surface area (Å²) in [5.41, 5.74) is 8.32. The van der Waals surface area contributed by atoms with Crippen molar-refractivity contribution in [3.05, 3.63) is 52.2 Å². The number of amides is 1. The zero-order valence-electron chi connectivity index (χ0n) is 10.6. The van der Waals surface area contributed by atoms with Crippen LogP contribution in [0.4, 0.5) is 5.69 Å². The van der Waals surface area contributed by atoms with E-state index in [1.54, 1.807) is 23.5 Å². The third-order valence-corrected chi connectivity index (χ3v) is 4.28. The number of nitrogen functional groups attached to an aromatic ring is 1. The molecular weight excluding hydrogens is 256 g/mol. The fourth-order valence-corrected chi connectivity index (χ4v) is 3.37. The van der Waals surface area contributed by atoms with E-state index in [9.17, 15) is 4.79 Å². The van der Waals surface area contributed by atoms with Gasteiger partial charge in [0.2, 0.25) is 0 Å². The van der Waals surface area contributed by atoms with Gasteiger partial charge in [0.25, 0.3) is 5.91 Å². The monoisotopic (exact) mass is 272 g/mol. The first-order valence-electron chi connectivity index (χ1n) is 6.44. The van der Waals surface area contributed by atoms with E-state index in [1.807, 2.05) is 17.0 Å². The standard InChI is InChI=1S/C15H16N2OS/c16-13-4-1-3-11(9-13)15(18)17-7-2-5-14(17)12-6-8-19-10-12/h1,3-4,6,8-10,14H,2,5,7,16H2. The van der Waals surface area contributed by atoms with Gasteiger partial charge in [0.15, 0.2) is 0 Å². The first kappa shape index (κ1) is 12.2. The molecule has 1 unspecified atom stereocenters. The van der Waals surface area contributed by atoms with E-state index in [0.29, 0.717) is 11.3 Å². The molecule has 3 rings (SSSR count). The molecule has 1 amide bonds. The number of nitrogens with two attached hydrogens (primary N) is 1. The van der Waals surface area contributed by atoms with Crippen molar-refractivity contribution in [2.24, 2.45) is 0 Å². The average Bonchev–Trinajstić information content (AvgIpc) is 3.08. The van der Waals surface area contributed by atoms with Gasteiger partial charge in [-0.1, -0.05) is 6.07 Å². The van der Waals surface area contributed by atoms with Crippen LogP contribution in [-0.4, -0.2) is 17.4 Å². The van der Waals surface area contributed by atoms with Gasteiger partial charge in [0.1, 0.15) is 0 Å². The van der Waals surface area contributed by atoms with Crippen LogP contribution >= 0.6 is 11.3 Å². The summed E-state index contributed by atoms with van der Waals surface area (Å²) in [6.45, 7) is 0.828. The van der Waals surface area contributed by atoms with Gasteiger partial charge < -0.3 is 10.6 Å². The second kappa shape index (κ2) is 5.05. The van der Waals surface area contributed by atoms with E-state index < -0.39 is 0 Å². The van der Waals surface area contributed by atoms with Crippen molar-refractivity contribution in [1.29, 1.82) is 0 Å². The van der Waals surface area contributed by atoms with Crippen molar-refractivity contribution in [2.45, 2.75) is 18.9 Å². The molecule has 0 saturated carbocycles. The number of benzene rings is 1. The van der Waals surface area contributed by atoms with E-state index in [2.05, 4.69) is 16.8 Å². The lowest BCUT2D eigenvalue weighted by Gasteiger charge is -2.24. The maximum absolute atomic E-state index is 12.6. The normalized spacial score (nSPS) is 18.7. The van der Waals surface area contributed by atoms with Crippen molar-refractivity contribution in [3.63, 3.8) is 0 Å². The summed E-state index contributed by atoms with van der Waals surface area (Å²) in [6, 6.07) is 9.56. The Balaban J connectivity index is 1.87. The molecule has 1 aromatic heterocycles. The van der Waals surface area contributed by atoms with Crippen LogP contribution in [0.3, 0.4) is 0 Å². The fourth-order valence-electron chi connectivity index (χ4n) is 2.66. The predicted octanol–water partition coefficient (Wildman–Crippen LogP) is 3.31. The molecule has 1 atom stereocenters. The minimum Gasteiger partial charge on any atom is -0.399 e. The third kappa shape index (κ3) is 2.36. The van der Waals surface area contributed by atoms with Crippen LogP contribution in [0.25, 0.3) is 0 Å². The SMILES string of the molecule is Nc1cccc(C(=O)N2CCCC2c2ccsc2)c1. The summed E-state index contributed by atoms with van der Waals surface area (Å²) in [6.07, 6.45) is 2.11. The Labute approximate surface area is 116 Å². The highest BCUT2D eigenvalue weighted by Crippen LogP contribution is 2.34. The fraction of sp³-hybridized carbons (Fsp3) is 0.267. The van der Waals surface area contributed by atoms with Gasteiger partial charge in [-0.05, 0) is 53.4 Å². The highest BCUT2D eigenvalue weighted by Gasteiger charge is 2.30. The molecule has 1 aliphatic heterocycles. The summed E-state index contributed by atoms with van der Waals surface area (Å²) in [7, 11) is 0. The van der Waals surface area contributed by atoms with Crippen LogP contribution in [0.2, 0.25) is 0 Å². The molecule has 1 saturated heterocycles. The van der Waals surface area contributed by atoms with Crippen LogP contribution < -0.4 is 5.73 Å². The summed E-state index contributed by atoms with van der Waals surface area (Å²) >= 11 is 1.68. The largest absolute Gasteiger partial charge is 0.399 e. The van der Waals surface area contributed by atoms with Crippen LogP contribution in [0, 0.1) is 0 Å². The van der Waals surface area contributed by atoms with Gasteiger partial charge in [-0.3, -0.25) is 4.79 Å². The molecule has 0 bridgehead atoms. The summed E-state index contributed by atoms with van der Waals surface area (Å²) in [4.78, 5) is 14.5. The Bertz CT molecular complexity index is 580. The highest BCUT2D eigenvalue weighted by atomic mass is 32.1. The number of carbonyl (C=O) groups excluding carboxylic acids is 1. The number of hydrogen-bond acceptors (Lipinski definition) is 3. The van der Waals surface area contributed by atoms with Crippen LogP contribution in [0.15, 0.2) is 41.1 Å². The van der Waals surface area contributed by atoms with Gasteiger partial charge >= 0.3 is 0 Å². The zero-order valence-corrected chi connectivity index (χ0v) is 11.4. The molecule has 1 aromatic carbocycles. The number of nitrogens with zero attached hydrogens (tertiary/aromatic N) is 1. The maximum atomic E-state index is 12.6. The highest BCUT2D eigenvalue weighted by molar-refractivity contribution is 7.07. The third-order valence-electron chi connectivity index (χ3n) is 3.58. The van der Waals surface area contributed by atoms with Crippen LogP contribution in [-0.2, 0) is 0 Å². The van der Waals surface area contributed by atoms with Crippen LogP contribution in [0.5, 0.6) is 0 Å². The van der Waals surface area contributed by atoms with E-state index in [-0.39, 0.29) is 11.9 Å². The molecule has 98 valence electrons. The van der Waals surface area contributed by atoms with Gasteiger partial charge in [-0.2, -0.15) is 11.3 Å². The minimum absolute atomic E-state index is 0.0843. The molecule has 2 heterocycles. The quantitative estimate of drug-likeness (QED) is 0.853. The molecule has 2 N–H and O–H groups in total. The Morgan fingerprint density at radius 1 is 1.37 bits per heavy atom. The summed E-state index contributed by atoms with van der Waals surface area (Å²) < 4.78 is 0.